The van der Waals surface area contributed by atoms with Crippen molar-refractivity contribution in [1.29, 1.82) is 0 Å². The van der Waals surface area contributed by atoms with Crippen molar-refractivity contribution in [2.24, 2.45) is 0 Å². The molecule has 26 heavy (non-hydrogen) atoms. The van der Waals surface area contributed by atoms with Gasteiger partial charge in [-0.2, -0.15) is 0 Å². The highest BCUT2D eigenvalue weighted by atomic mass is 79.9. The minimum atomic E-state index is -0.0328. The van der Waals surface area contributed by atoms with Gasteiger partial charge in [0.25, 0.3) is 0 Å². The lowest BCUT2D eigenvalue weighted by atomic mass is 9.83. The Labute approximate surface area is 161 Å². The molecule has 0 saturated carbocycles. The molecule has 0 unspecified atom stereocenters. The van der Waals surface area contributed by atoms with Gasteiger partial charge in [-0.05, 0) is 36.9 Å². The van der Waals surface area contributed by atoms with Gasteiger partial charge in [0.15, 0.2) is 0 Å². The van der Waals surface area contributed by atoms with Crippen molar-refractivity contribution < 1.29 is 9.53 Å². The summed E-state index contributed by atoms with van der Waals surface area (Å²) >= 11 is 3.71. The predicted molar refractivity (Wildman–Crippen MR) is 109 cm³/mol. The van der Waals surface area contributed by atoms with Gasteiger partial charge < -0.3 is 10.1 Å². The van der Waals surface area contributed by atoms with Gasteiger partial charge in [0.2, 0.25) is 5.91 Å². The van der Waals surface area contributed by atoms with E-state index in [0.717, 1.165) is 37.8 Å². The van der Waals surface area contributed by atoms with Crippen LogP contribution in [0.5, 0.6) is 5.75 Å². The van der Waals surface area contributed by atoms with Crippen molar-refractivity contribution in [3.63, 3.8) is 0 Å². The van der Waals surface area contributed by atoms with Gasteiger partial charge in [-0.3, -0.25) is 4.79 Å². The summed E-state index contributed by atoms with van der Waals surface area (Å²) in [6.07, 6.45) is 0.493. The molecule has 3 nitrogen and oxygen atoms in total. The third kappa shape index (κ3) is 2.99. The molecule has 1 amide bonds. The lowest BCUT2D eigenvalue weighted by molar-refractivity contribution is -0.116. The van der Waals surface area contributed by atoms with Crippen molar-refractivity contribution in [2.45, 2.75) is 32.3 Å². The van der Waals surface area contributed by atoms with E-state index in [1.54, 1.807) is 0 Å². The van der Waals surface area contributed by atoms with Crippen molar-refractivity contribution in [3.05, 3.63) is 70.2 Å². The number of fused-ring (bicyclic) bond motifs is 3. The monoisotopic (exact) mass is 409 g/mol. The minimum Gasteiger partial charge on any atom is -0.491 e. The summed E-state index contributed by atoms with van der Waals surface area (Å²) < 4.78 is 7.06. The Hall–Kier alpha value is -2.33. The zero-order chi connectivity index (χ0) is 18.3. The molecular formula is C22H20BrNO2. The van der Waals surface area contributed by atoms with E-state index in [9.17, 15) is 4.79 Å². The first-order valence-corrected chi connectivity index (χ1v) is 9.60. The molecule has 3 aromatic rings. The smallest absolute Gasteiger partial charge is 0.225 e. The van der Waals surface area contributed by atoms with Crippen LogP contribution in [0.1, 0.15) is 37.3 Å². The molecule has 0 saturated heterocycles. The molecule has 132 valence electrons. The molecule has 1 heterocycles. The molecule has 0 fully saturated rings. The van der Waals surface area contributed by atoms with Crippen LogP contribution >= 0.6 is 15.9 Å². The number of nitrogens with one attached hydrogen (secondary N) is 1. The molecule has 1 aliphatic heterocycles. The molecule has 3 aromatic carbocycles. The Morgan fingerprint density at radius 3 is 2.50 bits per heavy atom. The summed E-state index contributed by atoms with van der Waals surface area (Å²) in [5.74, 6) is 0.848. The zero-order valence-corrected chi connectivity index (χ0v) is 16.3. The van der Waals surface area contributed by atoms with Crippen LogP contribution in [-0.2, 0) is 4.79 Å². The molecule has 4 heteroatoms. The van der Waals surface area contributed by atoms with Gasteiger partial charge in [-0.25, -0.2) is 0 Å². The second-order valence-electron chi connectivity index (χ2n) is 6.88. The number of para-hydroxylation sites is 1. The van der Waals surface area contributed by atoms with E-state index in [4.69, 9.17) is 4.74 Å². The van der Waals surface area contributed by atoms with Crippen LogP contribution in [-0.4, -0.2) is 12.0 Å². The van der Waals surface area contributed by atoms with E-state index < -0.39 is 0 Å². The number of hydrogen-bond acceptors (Lipinski definition) is 2. The highest BCUT2D eigenvalue weighted by Gasteiger charge is 2.30. The molecule has 0 radical (unpaired) electrons. The quantitative estimate of drug-likeness (QED) is 0.587. The predicted octanol–water partition coefficient (Wildman–Crippen LogP) is 5.86. The molecule has 0 aromatic heterocycles. The molecular weight excluding hydrogens is 390 g/mol. The van der Waals surface area contributed by atoms with E-state index in [1.165, 1.54) is 0 Å². The number of anilines is 1. The van der Waals surface area contributed by atoms with Gasteiger partial charge >= 0.3 is 0 Å². The highest BCUT2D eigenvalue weighted by molar-refractivity contribution is 9.10. The summed E-state index contributed by atoms with van der Waals surface area (Å²) in [5.41, 5.74) is 3.08. The lowest BCUT2D eigenvalue weighted by Crippen LogP contribution is -2.24. The Balaban J connectivity index is 1.93. The fourth-order valence-corrected chi connectivity index (χ4v) is 4.25. The number of rotatable bonds is 3. The Kier molecular flexibility index (Phi) is 4.45. The van der Waals surface area contributed by atoms with Crippen molar-refractivity contribution in [2.75, 3.05) is 5.32 Å². The summed E-state index contributed by atoms with van der Waals surface area (Å²) in [5, 5.41) is 5.24. The number of carbonyl (C=O) groups is 1. The third-order valence-corrected chi connectivity index (χ3v) is 5.37. The van der Waals surface area contributed by atoms with Gasteiger partial charge in [0.1, 0.15) is 5.75 Å². The normalized spacial score (nSPS) is 16.5. The van der Waals surface area contributed by atoms with Crippen LogP contribution in [0.2, 0.25) is 0 Å². The number of amides is 1. The highest BCUT2D eigenvalue weighted by Crippen LogP contribution is 2.45. The van der Waals surface area contributed by atoms with Crippen LogP contribution in [0, 0.1) is 0 Å². The van der Waals surface area contributed by atoms with E-state index in [-0.39, 0.29) is 17.9 Å². The average Bonchev–Trinajstić information content (AvgIpc) is 2.62. The maximum absolute atomic E-state index is 12.5. The maximum Gasteiger partial charge on any atom is 0.225 e. The summed E-state index contributed by atoms with van der Waals surface area (Å²) in [6, 6.07) is 18.3. The third-order valence-electron chi connectivity index (χ3n) is 4.71. The Morgan fingerprint density at radius 2 is 1.73 bits per heavy atom. The van der Waals surface area contributed by atoms with Crippen molar-refractivity contribution in [1.82, 2.24) is 0 Å². The number of hydrogen-bond donors (Lipinski definition) is 1. The molecule has 4 rings (SSSR count). The second kappa shape index (κ2) is 6.76. The molecule has 0 bridgehead atoms. The fraction of sp³-hybridized carbons (Fsp3) is 0.227. The van der Waals surface area contributed by atoms with Crippen LogP contribution in [0.25, 0.3) is 10.8 Å². The van der Waals surface area contributed by atoms with Crippen molar-refractivity contribution >= 4 is 38.3 Å². The average molecular weight is 410 g/mol. The first kappa shape index (κ1) is 17.1. The molecule has 1 atom stereocenters. The number of benzene rings is 3. The molecule has 0 spiro atoms. The van der Waals surface area contributed by atoms with E-state index in [2.05, 4.69) is 45.5 Å². The number of halogens is 1. The standard InChI is InChI=1S/C22H20BrNO2/c1-13(2)26-20-10-6-5-8-15(20)17-12-21(25)24-22-16-9-4-3-7-14(16)19(23)11-18(17)22/h3-11,13,17H,12H2,1-2H3,(H,24,25)/t17-/m0/s1. The summed E-state index contributed by atoms with van der Waals surface area (Å²) in [7, 11) is 0. The summed E-state index contributed by atoms with van der Waals surface area (Å²) in [6.45, 7) is 4.03. The van der Waals surface area contributed by atoms with E-state index in [0.29, 0.717) is 6.42 Å². The largest absolute Gasteiger partial charge is 0.491 e. The first-order chi connectivity index (χ1) is 12.5. The minimum absolute atomic E-state index is 0.0328. The Bertz CT molecular complexity index is 997. The lowest BCUT2D eigenvalue weighted by Gasteiger charge is -2.29. The molecule has 1 N–H and O–H groups in total. The van der Waals surface area contributed by atoms with Crippen LogP contribution in [0.4, 0.5) is 5.69 Å². The van der Waals surface area contributed by atoms with Gasteiger partial charge in [-0.15, -0.1) is 0 Å². The molecule has 0 aliphatic carbocycles. The topological polar surface area (TPSA) is 38.3 Å². The fourth-order valence-electron chi connectivity index (χ4n) is 3.66. The van der Waals surface area contributed by atoms with E-state index in [1.807, 2.05) is 44.2 Å². The van der Waals surface area contributed by atoms with Gasteiger partial charge in [0.05, 0.1) is 11.8 Å². The number of ether oxygens (including phenoxy) is 1. The molecule has 1 aliphatic rings. The summed E-state index contributed by atoms with van der Waals surface area (Å²) in [4.78, 5) is 12.5. The van der Waals surface area contributed by atoms with Gasteiger partial charge in [0, 0.05) is 27.8 Å². The van der Waals surface area contributed by atoms with Crippen molar-refractivity contribution in [3.8, 4) is 5.75 Å². The second-order valence-corrected chi connectivity index (χ2v) is 7.73. The first-order valence-electron chi connectivity index (χ1n) is 8.81. The number of carbonyl (C=O) groups excluding carboxylic acids is 1. The SMILES string of the molecule is CC(C)Oc1ccccc1[C@@H]1CC(=O)Nc2c1cc(Br)c1ccccc21. The van der Waals surface area contributed by atoms with Crippen LogP contribution in [0.3, 0.4) is 0 Å². The maximum atomic E-state index is 12.5. The van der Waals surface area contributed by atoms with Crippen LogP contribution in [0.15, 0.2) is 59.1 Å². The Morgan fingerprint density at radius 1 is 1.04 bits per heavy atom. The van der Waals surface area contributed by atoms with Gasteiger partial charge in [-0.1, -0.05) is 58.4 Å². The zero-order valence-electron chi connectivity index (χ0n) is 14.8. The van der Waals surface area contributed by atoms with E-state index >= 15 is 0 Å². The van der Waals surface area contributed by atoms with Crippen LogP contribution < -0.4 is 10.1 Å².